The summed E-state index contributed by atoms with van der Waals surface area (Å²) in [5.41, 5.74) is 5.05. The highest BCUT2D eigenvalue weighted by molar-refractivity contribution is 6.04. The van der Waals surface area contributed by atoms with Crippen LogP contribution in [0.2, 0.25) is 0 Å². The molecule has 4 aromatic rings. The van der Waals surface area contributed by atoms with Crippen molar-refractivity contribution in [1.82, 2.24) is 24.5 Å². The van der Waals surface area contributed by atoms with E-state index in [4.69, 9.17) is 9.47 Å². The zero-order valence-electron chi connectivity index (χ0n) is 20.4. The van der Waals surface area contributed by atoms with E-state index in [1.54, 1.807) is 31.2 Å². The normalized spacial score (nSPS) is 14.3. The van der Waals surface area contributed by atoms with Gasteiger partial charge in [-0.2, -0.15) is 10.2 Å². The number of carbonyl (C=O) groups excluding carboxylic acids is 1. The number of methoxy groups -OCH3 is 1. The van der Waals surface area contributed by atoms with Gasteiger partial charge in [-0.05, 0) is 18.9 Å². The lowest BCUT2D eigenvalue weighted by Gasteiger charge is -2.26. The Morgan fingerprint density at radius 2 is 1.91 bits per heavy atom. The summed E-state index contributed by atoms with van der Waals surface area (Å²) >= 11 is 0. The Kier molecular flexibility index (Phi) is 6.12. The molecule has 35 heavy (non-hydrogen) atoms. The van der Waals surface area contributed by atoms with Gasteiger partial charge in [-0.15, -0.1) is 0 Å². The van der Waals surface area contributed by atoms with Crippen molar-refractivity contribution >= 4 is 34.4 Å². The second-order valence-electron chi connectivity index (χ2n) is 8.76. The number of hydrogen-bond donors (Lipinski definition) is 0. The molecule has 182 valence electrons. The van der Waals surface area contributed by atoms with Crippen molar-refractivity contribution in [2.45, 2.75) is 18.9 Å². The maximum atomic E-state index is 11.8. The zero-order chi connectivity index (χ0) is 24.5. The number of carbonyl (C=O) groups is 1. The van der Waals surface area contributed by atoms with Gasteiger partial charge in [0.1, 0.15) is 5.75 Å². The van der Waals surface area contributed by atoms with Crippen LogP contribution in [0.25, 0.3) is 22.0 Å². The van der Waals surface area contributed by atoms with Crippen LogP contribution in [0.5, 0.6) is 5.75 Å². The number of anilines is 3. The molecule has 0 unspecified atom stereocenters. The molecule has 4 heterocycles. The van der Waals surface area contributed by atoms with Gasteiger partial charge in [-0.1, -0.05) is 0 Å². The molecule has 1 fully saturated rings. The van der Waals surface area contributed by atoms with E-state index in [1.165, 1.54) is 4.90 Å². The van der Waals surface area contributed by atoms with Crippen LogP contribution in [0, 0.1) is 0 Å². The fourth-order valence-electron chi connectivity index (χ4n) is 4.60. The molecule has 1 aromatic carbocycles. The Balaban J connectivity index is 1.67. The number of nitrogens with zero attached hydrogens (tertiary/aromatic N) is 7. The highest BCUT2D eigenvalue weighted by Gasteiger charge is 2.22. The third kappa shape index (κ3) is 4.21. The van der Waals surface area contributed by atoms with Gasteiger partial charge in [0.2, 0.25) is 6.41 Å². The second kappa shape index (κ2) is 9.38. The summed E-state index contributed by atoms with van der Waals surface area (Å²) in [7, 11) is 7.23. The molecule has 1 aliphatic rings. The first-order valence-corrected chi connectivity index (χ1v) is 11.5. The van der Waals surface area contributed by atoms with Gasteiger partial charge in [-0.3, -0.25) is 19.1 Å². The molecule has 10 nitrogen and oxygen atoms in total. The monoisotopic (exact) mass is 475 g/mol. The van der Waals surface area contributed by atoms with Crippen molar-refractivity contribution in [3.63, 3.8) is 0 Å². The topological polar surface area (TPSA) is 90.5 Å². The van der Waals surface area contributed by atoms with Gasteiger partial charge in [-0.25, -0.2) is 0 Å². The third-order valence-corrected chi connectivity index (χ3v) is 6.57. The molecule has 0 bridgehead atoms. The number of rotatable bonds is 7. The van der Waals surface area contributed by atoms with Crippen LogP contribution in [-0.4, -0.2) is 65.4 Å². The fraction of sp³-hybridized carbons (Fsp3) is 0.360. The summed E-state index contributed by atoms with van der Waals surface area (Å²) in [5.74, 6) is 0.704. The molecule has 1 saturated heterocycles. The number of aromatic nitrogens is 5. The lowest BCUT2D eigenvalue weighted by molar-refractivity contribution is -0.107. The maximum Gasteiger partial charge on any atom is 0.213 e. The predicted molar refractivity (Wildman–Crippen MR) is 134 cm³/mol. The molecule has 0 saturated carbocycles. The Bertz CT molecular complexity index is 1360. The van der Waals surface area contributed by atoms with E-state index in [2.05, 4.69) is 32.3 Å². The Labute approximate surface area is 203 Å². The molecule has 3 aromatic heterocycles. The number of hydrogen-bond acceptors (Lipinski definition) is 7. The number of fused-ring (bicyclic) bond motifs is 1. The Hall–Kier alpha value is -3.92. The Morgan fingerprint density at radius 3 is 2.60 bits per heavy atom. The van der Waals surface area contributed by atoms with E-state index >= 15 is 0 Å². The second-order valence-corrected chi connectivity index (χ2v) is 8.76. The van der Waals surface area contributed by atoms with E-state index in [1.807, 2.05) is 37.2 Å². The standard InChI is InChI=1S/C25H29N7O3/c1-29(16-33)23-13-26-22-10-24(34-4)20(17-11-27-30(2)14-17)9-21(22)25(23)31(3)19-12-28-32(15-19)18-5-7-35-8-6-18/h9-16,18H,5-8H2,1-4H3. The van der Waals surface area contributed by atoms with Crippen molar-refractivity contribution in [2.75, 3.05) is 44.2 Å². The zero-order valence-corrected chi connectivity index (χ0v) is 20.4. The SMILES string of the molecule is COc1cc2ncc(N(C)C=O)c(N(C)c3cnn(C4CCOCC4)c3)c2cc1-c1cnn(C)c1. The molecule has 0 aliphatic carbocycles. The summed E-state index contributed by atoms with van der Waals surface area (Å²) in [6.45, 7) is 1.50. The summed E-state index contributed by atoms with van der Waals surface area (Å²) in [6, 6.07) is 4.29. The quantitative estimate of drug-likeness (QED) is 0.378. The van der Waals surface area contributed by atoms with Crippen molar-refractivity contribution in [1.29, 1.82) is 0 Å². The summed E-state index contributed by atoms with van der Waals surface area (Å²) in [6.07, 6.45) is 12.1. The lowest BCUT2D eigenvalue weighted by atomic mass is 10.0. The van der Waals surface area contributed by atoms with Crippen LogP contribution >= 0.6 is 0 Å². The smallest absolute Gasteiger partial charge is 0.213 e. The number of pyridine rings is 1. The van der Waals surface area contributed by atoms with E-state index in [0.717, 1.165) is 65.9 Å². The van der Waals surface area contributed by atoms with Gasteiger partial charge < -0.3 is 19.3 Å². The average molecular weight is 476 g/mol. The van der Waals surface area contributed by atoms with E-state index < -0.39 is 0 Å². The summed E-state index contributed by atoms with van der Waals surface area (Å²) in [5, 5.41) is 9.85. The van der Waals surface area contributed by atoms with Crippen LogP contribution < -0.4 is 14.5 Å². The molecule has 5 rings (SSSR count). The van der Waals surface area contributed by atoms with Crippen LogP contribution in [0.15, 0.2) is 43.1 Å². The first-order chi connectivity index (χ1) is 17.0. The summed E-state index contributed by atoms with van der Waals surface area (Å²) < 4.78 is 15.0. The van der Waals surface area contributed by atoms with Crippen molar-refractivity contribution in [3.05, 3.63) is 43.1 Å². The fourth-order valence-corrected chi connectivity index (χ4v) is 4.60. The summed E-state index contributed by atoms with van der Waals surface area (Å²) in [4.78, 5) is 20.0. The molecule has 10 heteroatoms. The van der Waals surface area contributed by atoms with Crippen LogP contribution in [0.4, 0.5) is 17.1 Å². The van der Waals surface area contributed by atoms with Crippen molar-refractivity contribution < 1.29 is 14.3 Å². The van der Waals surface area contributed by atoms with E-state index in [0.29, 0.717) is 17.5 Å². The van der Waals surface area contributed by atoms with Gasteiger partial charge in [0.15, 0.2) is 0 Å². The highest BCUT2D eigenvalue weighted by Crippen LogP contribution is 2.42. The third-order valence-electron chi connectivity index (χ3n) is 6.57. The Morgan fingerprint density at radius 1 is 1.11 bits per heavy atom. The minimum Gasteiger partial charge on any atom is -0.496 e. The number of amides is 1. The number of aryl methyl sites for hydroxylation is 1. The average Bonchev–Trinajstić information content (AvgIpc) is 3.56. The molecule has 0 N–H and O–H groups in total. The maximum absolute atomic E-state index is 11.8. The van der Waals surface area contributed by atoms with Crippen molar-refractivity contribution in [2.24, 2.45) is 7.05 Å². The molecule has 0 spiro atoms. The minimum absolute atomic E-state index is 0.318. The molecular weight excluding hydrogens is 446 g/mol. The largest absolute Gasteiger partial charge is 0.496 e. The van der Waals surface area contributed by atoms with Gasteiger partial charge in [0.05, 0.1) is 54.3 Å². The van der Waals surface area contributed by atoms with Crippen LogP contribution in [0.3, 0.4) is 0 Å². The van der Waals surface area contributed by atoms with Crippen LogP contribution in [0.1, 0.15) is 18.9 Å². The highest BCUT2D eigenvalue weighted by atomic mass is 16.5. The van der Waals surface area contributed by atoms with E-state index in [9.17, 15) is 4.79 Å². The van der Waals surface area contributed by atoms with Gasteiger partial charge >= 0.3 is 0 Å². The lowest BCUT2D eigenvalue weighted by Crippen LogP contribution is -2.20. The first kappa shape index (κ1) is 22.9. The van der Waals surface area contributed by atoms with Gasteiger partial charge in [0, 0.05) is 69.3 Å². The number of benzene rings is 1. The predicted octanol–water partition coefficient (Wildman–Crippen LogP) is 3.55. The van der Waals surface area contributed by atoms with Gasteiger partial charge in [0.25, 0.3) is 0 Å². The number of ether oxygens (including phenoxy) is 2. The van der Waals surface area contributed by atoms with Crippen molar-refractivity contribution in [3.8, 4) is 16.9 Å². The minimum atomic E-state index is 0.318. The first-order valence-electron chi connectivity index (χ1n) is 11.5. The van der Waals surface area contributed by atoms with Crippen LogP contribution in [-0.2, 0) is 16.6 Å². The molecule has 0 radical (unpaired) electrons. The molecule has 1 amide bonds. The van der Waals surface area contributed by atoms with E-state index in [-0.39, 0.29) is 0 Å². The molecular formula is C25H29N7O3. The molecule has 1 aliphatic heterocycles. The molecule has 0 atom stereocenters.